The Bertz CT molecular complexity index is 316. The molecule has 0 aromatic rings. The second-order valence-corrected chi connectivity index (χ2v) is 3.99. The van der Waals surface area contributed by atoms with E-state index < -0.39 is 41.4 Å². The summed E-state index contributed by atoms with van der Waals surface area (Å²) in [7, 11) is -4.91. The third kappa shape index (κ3) is 4.94. The van der Waals surface area contributed by atoms with E-state index in [4.69, 9.17) is 15.4 Å². The first-order valence-electron chi connectivity index (χ1n) is 4.06. The number of aliphatic hydroxyl groups is 3. The summed E-state index contributed by atoms with van der Waals surface area (Å²) < 4.78 is 32.7. The average molecular weight is 259 g/mol. The van der Waals surface area contributed by atoms with Crippen molar-refractivity contribution < 1.29 is 37.3 Å². The Morgan fingerprint density at radius 1 is 1.31 bits per heavy atom. The molecular formula is C6H13NO8S. The van der Waals surface area contributed by atoms with Crippen molar-refractivity contribution in [2.24, 2.45) is 5.73 Å². The van der Waals surface area contributed by atoms with E-state index in [1.165, 1.54) is 0 Å². The van der Waals surface area contributed by atoms with Crippen molar-refractivity contribution in [1.82, 2.24) is 0 Å². The standard InChI is InChI=1S/C6H13NO8S/c7-3(1-8)5(10)6(11)4(2-9)15-16(12,13)14/h1,3-6,9-11H,2,7H2,(H,12,13,14)/t3-,4+,5+,6+/m0/s1. The van der Waals surface area contributed by atoms with Crippen LogP contribution in [0, 0.1) is 0 Å². The molecule has 0 saturated heterocycles. The van der Waals surface area contributed by atoms with Crippen molar-refractivity contribution in [3.8, 4) is 0 Å². The second-order valence-electron chi connectivity index (χ2n) is 2.94. The van der Waals surface area contributed by atoms with Crippen molar-refractivity contribution in [3.63, 3.8) is 0 Å². The number of nitrogens with two attached hydrogens (primary N) is 1. The van der Waals surface area contributed by atoms with Crippen LogP contribution in [0.3, 0.4) is 0 Å². The molecule has 96 valence electrons. The van der Waals surface area contributed by atoms with Crippen molar-refractivity contribution in [2.75, 3.05) is 6.61 Å². The summed E-state index contributed by atoms with van der Waals surface area (Å²) in [6.07, 6.45) is -5.49. The molecule has 0 saturated carbocycles. The van der Waals surface area contributed by atoms with Crippen LogP contribution in [0.5, 0.6) is 0 Å². The van der Waals surface area contributed by atoms with Crippen LogP contribution in [0.15, 0.2) is 0 Å². The van der Waals surface area contributed by atoms with Crippen molar-refractivity contribution in [1.29, 1.82) is 0 Å². The molecule has 0 amide bonds. The van der Waals surface area contributed by atoms with E-state index in [0.29, 0.717) is 0 Å². The molecule has 0 aliphatic rings. The highest BCUT2D eigenvalue weighted by molar-refractivity contribution is 7.80. The largest absolute Gasteiger partial charge is 0.397 e. The molecule has 0 aliphatic carbocycles. The van der Waals surface area contributed by atoms with Crippen molar-refractivity contribution in [3.05, 3.63) is 0 Å². The fourth-order valence-corrected chi connectivity index (χ4v) is 1.37. The van der Waals surface area contributed by atoms with Gasteiger partial charge in [-0.15, -0.1) is 0 Å². The monoisotopic (exact) mass is 259 g/mol. The van der Waals surface area contributed by atoms with Crippen LogP contribution in [0.25, 0.3) is 0 Å². The molecule has 0 rings (SSSR count). The van der Waals surface area contributed by atoms with Crippen LogP contribution in [0.2, 0.25) is 0 Å². The van der Waals surface area contributed by atoms with Crippen molar-refractivity contribution in [2.45, 2.75) is 24.4 Å². The lowest BCUT2D eigenvalue weighted by molar-refractivity contribution is -0.117. The predicted octanol–water partition coefficient (Wildman–Crippen LogP) is -3.59. The molecular weight excluding hydrogens is 246 g/mol. The third-order valence-electron chi connectivity index (χ3n) is 1.71. The normalized spacial score (nSPS) is 19.8. The fraction of sp³-hybridized carbons (Fsp3) is 0.833. The SMILES string of the molecule is N[C@@H](C=O)[C@@H](O)[C@H](O)[C@@H](CO)OS(=O)(=O)O. The Kier molecular flexibility index (Phi) is 5.96. The van der Waals surface area contributed by atoms with Gasteiger partial charge < -0.3 is 25.8 Å². The molecule has 0 bridgehead atoms. The number of hydrogen-bond acceptors (Lipinski definition) is 8. The minimum absolute atomic E-state index is 0.121. The maximum atomic E-state index is 10.3. The number of carbonyl (C=O) groups excluding carboxylic acids is 1. The molecule has 6 N–H and O–H groups in total. The minimum atomic E-state index is -4.91. The van der Waals surface area contributed by atoms with Gasteiger partial charge in [0.25, 0.3) is 0 Å². The average Bonchev–Trinajstić information content (AvgIpc) is 2.21. The molecule has 0 spiro atoms. The molecule has 0 fully saturated rings. The lowest BCUT2D eigenvalue weighted by atomic mass is 10.0. The van der Waals surface area contributed by atoms with Gasteiger partial charge in [0.15, 0.2) is 0 Å². The summed E-state index contributed by atoms with van der Waals surface area (Å²) in [6, 6.07) is -1.48. The molecule has 0 radical (unpaired) electrons. The van der Waals surface area contributed by atoms with Gasteiger partial charge >= 0.3 is 10.4 Å². The Morgan fingerprint density at radius 2 is 1.81 bits per heavy atom. The highest BCUT2D eigenvalue weighted by atomic mass is 32.3. The van der Waals surface area contributed by atoms with Gasteiger partial charge in [0.2, 0.25) is 0 Å². The third-order valence-corrected chi connectivity index (χ3v) is 2.20. The van der Waals surface area contributed by atoms with Crippen LogP contribution in [0.4, 0.5) is 0 Å². The van der Waals surface area contributed by atoms with Gasteiger partial charge in [0.1, 0.15) is 24.6 Å². The molecule has 4 atom stereocenters. The highest BCUT2D eigenvalue weighted by Crippen LogP contribution is 2.08. The summed E-state index contributed by atoms with van der Waals surface area (Å²) in [5.41, 5.74) is 5.05. The van der Waals surface area contributed by atoms with Crippen LogP contribution >= 0.6 is 0 Å². The van der Waals surface area contributed by atoms with E-state index >= 15 is 0 Å². The van der Waals surface area contributed by atoms with Crippen molar-refractivity contribution >= 4 is 16.7 Å². The first-order valence-corrected chi connectivity index (χ1v) is 5.43. The van der Waals surface area contributed by atoms with Crippen LogP contribution in [-0.4, -0.2) is 65.5 Å². The molecule has 0 aromatic heterocycles. The second kappa shape index (κ2) is 6.20. The molecule has 10 heteroatoms. The molecule has 0 heterocycles. The summed E-state index contributed by atoms with van der Waals surface area (Å²) in [4.78, 5) is 10.2. The van der Waals surface area contributed by atoms with Crippen LogP contribution in [-0.2, 0) is 19.4 Å². The summed E-state index contributed by atoms with van der Waals surface area (Å²) in [6.45, 7) is -1.01. The Morgan fingerprint density at radius 3 is 2.12 bits per heavy atom. The van der Waals surface area contributed by atoms with Gasteiger partial charge in [-0.2, -0.15) is 8.42 Å². The van der Waals surface area contributed by atoms with Gasteiger partial charge in [-0.3, -0.25) is 4.55 Å². The van der Waals surface area contributed by atoms with Gasteiger partial charge in [0, 0.05) is 0 Å². The molecule has 0 unspecified atom stereocenters. The zero-order valence-electron chi connectivity index (χ0n) is 8.00. The highest BCUT2D eigenvalue weighted by Gasteiger charge is 2.33. The predicted molar refractivity (Wildman–Crippen MR) is 49.6 cm³/mol. The zero-order valence-corrected chi connectivity index (χ0v) is 8.82. The number of aldehydes is 1. The summed E-state index contributed by atoms with van der Waals surface area (Å²) >= 11 is 0. The van der Waals surface area contributed by atoms with Gasteiger partial charge in [-0.25, -0.2) is 4.18 Å². The fourth-order valence-electron chi connectivity index (χ4n) is 0.880. The van der Waals surface area contributed by atoms with Gasteiger partial charge in [-0.1, -0.05) is 0 Å². The Labute approximate surface area is 91.4 Å². The number of rotatable bonds is 7. The van der Waals surface area contributed by atoms with E-state index in [1.54, 1.807) is 0 Å². The van der Waals surface area contributed by atoms with Gasteiger partial charge in [-0.05, 0) is 0 Å². The topological polar surface area (TPSA) is 167 Å². The Hall–Kier alpha value is -0.620. The molecule has 0 aliphatic heterocycles. The first-order chi connectivity index (χ1) is 7.22. The van der Waals surface area contributed by atoms with Crippen LogP contribution < -0.4 is 5.73 Å². The lowest BCUT2D eigenvalue weighted by Gasteiger charge is -2.25. The minimum Gasteiger partial charge on any atom is -0.394 e. The van der Waals surface area contributed by atoms with E-state index in [2.05, 4.69) is 4.18 Å². The number of hydrogen-bond donors (Lipinski definition) is 5. The van der Waals surface area contributed by atoms with E-state index in [1.807, 2.05) is 0 Å². The first kappa shape index (κ1) is 15.4. The quantitative estimate of drug-likeness (QED) is 0.229. The maximum Gasteiger partial charge on any atom is 0.397 e. The van der Waals surface area contributed by atoms with E-state index in [-0.39, 0.29) is 6.29 Å². The number of carbonyl (C=O) groups is 1. The molecule has 0 aromatic carbocycles. The lowest BCUT2D eigenvalue weighted by Crippen LogP contribution is -2.51. The smallest absolute Gasteiger partial charge is 0.394 e. The zero-order chi connectivity index (χ0) is 12.9. The Balaban J connectivity index is 4.64. The summed E-state index contributed by atoms with van der Waals surface area (Å²) in [5.74, 6) is 0. The van der Waals surface area contributed by atoms with E-state index in [0.717, 1.165) is 0 Å². The molecule has 16 heavy (non-hydrogen) atoms. The molecule has 9 nitrogen and oxygen atoms in total. The van der Waals surface area contributed by atoms with Gasteiger partial charge in [0.05, 0.1) is 12.6 Å². The maximum absolute atomic E-state index is 10.3. The van der Waals surface area contributed by atoms with Crippen LogP contribution in [0.1, 0.15) is 0 Å². The van der Waals surface area contributed by atoms with E-state index in [9.17, 15) is 23.4 Å². The number of aliphatic hydroxyl groups excluding tert-OH is 3. The summed E-state index contributed by atoms with van der Waals surface area (Å²) in [5, 5.41) is 27.2.